The largest absolute Gasteiger partial charge is 0.486 e. The van der Waals surface area contributed by atoms with Crippen molar-refractivity contribution in [2.45, 2.75) is 26.7 Å². The van der Waals surface area contributed by atoms with Crippen molar-refractivity contribution < 1.29 is 9.47 Å². The predicted octanol–water partition coefficient (Wildman–Crippen LogP) is 2.89. The summed E-state index contributed by atoms with van der Waals surface area (Å²) < 4.78 is 11.1. The zero-order valence-electron chi connectivity index (χ0n) is 8.96. The van der Waals surface area contributed by atoms with Gasteiger partial charge in [0.1, 0.15) is 13.2 Å². The number of aryl methyl sites for hydroxylation is 1. The lowest BCUT2D eigenvalue weighted by Gasteiger charge is -2.21. The summed E-state index contributed by atoms with van der Waals surface area (Å²) in [4.78, 5) is 0. The van der Waals surface area contributed by atoms with Gasteiger partial charge in [0.05, 0.1) is 0 Å². The first-order chi connectivity index (χ1) is 6.68. The minimum atomic E-state index is 0.532. The van der Waals surface area contributed by atoms with Crippen LogP contribution in [0.15, 0.2) is 12.1 Å². The molecule has 0 unspecified atom stereocenters. The summed E-state index contributed by atoms with van der Waals surface area (Å²) in [5.41, 5.74) is 2.48. The van der Waals surface area contributed by atoms with Crippen molar-refractivity contribution in [2.24, 2.45) is 0 Å². The maximum Gasteiger partial charge on any atom is 0.164 e. The lowest BCUT2D eigenvalue weighted by molar-refractivity contribution is 0.170. The van der Waals surface area contributed by atoms with Crippen LogP contribution in [-0.4, -0.2) is 13.2 Å². The number of benzene rings is 1. The highest BCUT2D eigenvalue weighted by Gasteiger charge is 2.15. The molecule has 0 spiro atoms. The van der Waals surface area contributed by atoms with E-state index < -0.39 is 0 Å². The molecule has 14 heavy (non-hydrogen) atoms. The molecule has 2 heteroatoms. The average Bonchev–Trinajstić information content (AvgIpc) is 2.17. The van der Waals surface area contributed by atoms with Crippen LogP contribution in [0.1, 0.15) is 30.9 Å². The van der Waals surface area contributed by atoms with Crippen LogP contribution < -0.4 is 9.47 Å². The summed E-state index contributed by atoms with van der Waals surface area (Å²) in [6.45, 7) is 7.76. The molecule has 0 radical (unpaired) electrons. The second-order valence-electron chi connectivity index (χ2n) is 4.02. The fraction of sp³-hybridized carbons (Fsp3) is 0.500. The minimum Gasteiger partial charge on any atom is -0.486 e. The molecule has 0 bridgehead atoms. The van der Waals surface area contributed by atoms with E-state index in [9.17, 15) is 0 Å². The Morgan fingerprint density at radius 2 is 1.86 bits per heavy atom. The van der Waals surface area contributed by atoms with Crippen LogP contribution in [0, 0.1) is 6.92 Å². The van der Waals surface area contributed by atoms with Gasteiger partial charge in [0.25, 0.3) is 0 Å². The summed E-state index contributed by atoms with van der Waals surface area (Å²) >= 11 is 0. The lowest BCUT2D eigenvalue weighted by Crippen LogP contribution is -2.16. The molecule has 76 valence electrons. The Morgan fingerprint density at radius 3 is 2.57 bits per heavy atom. The number of fused-ring (bicyclic) bond motifs is 1. The third-order valence-electron chi connectivity index (χ3n) is 2.52. The average molecular weight is 192 g/mol. The molecule has 1 aromatic rings. The second kappa shape index (κ2) is 3.52. The summed E-state index contributed by atoms with van der Waals surface area (Å²) in [6.07, 6.45) is 0. The topological polar surface area (TPSA) is 18.5 Å². The van der Waals surface area contributed by atoms with Crippen LogP contribution in [0.2, 0.25) is 0 Å². The van der Waals surface area contributed by atoms with Crippen molar-refractivity contribution in [1.29, 1.82) is 0 Å². The lowest BCUT2D eigenvalue weighted by atomic mass is 10.00. The molecule has 2 nitrogen and oxygen atoms in total. The van der Waals surface area contributed by atoms with Crippen LogP contribution in [0.25, 0.3) is 0 Å². The minimum absolute atomic E-state index is 0.532. The van der Waals surface area contributed by atoms with Crippen LogP contribution in [0.5, 0.6) is 11.5 Å². The van der Waals surface area contributed by atoms with E-state index in [0.717, 1.165) is 11.5 Å². The molecule has 1 aromatic carbocycles. The highest BCUT2D eigenvalue weighted by molar-refractivity contribution is 5.50. The summed E-state index contributed by atoms with van der Waals surface area (Å²) in [5.74, 6) is 2.35. The molecule has 0 aliphatic carbocycles. The molecule has 0 fully saturated rings. The van der Waals surface area contributed by atoms with Gasteiger partial charge in [-0.25, -0.2) is 0 Å². The molecule has 0 N–H and O–H groups in total. The third kappa shape index (κ3) is 1.57. The van der Waals surface area contributed by atoms with Gasteiger partial charge in [-0.1, -0.05) is 19.9 Å². The van der Waals surface area contributed by atoms with E-state index in [1.54, 1.807) is 0 Å². The monoisotopic (exact) mass is 192 g/mol. The molecular formula is C12H16O2. The second-order valence-corrected chi connectivity index (χ2v) is 4.02. The maximum atomic E-state index is 5.57. The van der Waals surface area contributed by atoms with Crippen LogP contribution in [0.4, 0.5) is 0 Å². The third-order valence-corrected chi connectivity index (χ3v) is 2.52. The molecular weight excluding hydrogens is 176 g/mol. The van der Waals surface area contributed by atoms with Crippen molar-refractivity contribution in [1.82, 2.24) is 0 Å². The molecule has 0 amide bonds. The highest BCUT2D eigenvalue weighted by atomic mass is 16.6. The first kappa shape index (κ1) is 9.38. The molecule has 1 aliphatic rings. The van der Waals surface area contributed by atoms with Crippen molar-refractivity contribution >= 4 is 0 Å². The van der Waals surface area contributed by atoms with Gasteiger partial charge in [-0.15, -0.1) is 0 Å². The quantitative estimate of drug-likeness (QED) is 0.681. The van der Waals surface area contributed by atoms with E-state index in [1.165, 1.54) is 11.1 Å². The van der Waals surface area contributed by atoms with Gasteiger partial charge in [0.15, 0.2) is 11.5 Å². The fourth-order valence-corrected chi connectivity index (χ4v) is 1.69. The summed E-state index contributed by atoms with van der Waals surface area (Å²) in [6, 6.07) is 4.27. The Bertz CT molecular complexity index is 342. The zero-order chi connectivity index (χ0) is 10.1. The Hall–Kier alpha value is -1.18. The molecule has 0 atom stereocenters. The molecule has 1 aliphatic heterocycles. The van der Waals surface area contributed by atoms with Gasteiger partial charge in [0, 0.05) is 0 Å². The van der Waals surface area contributed by atoms with Crippen molar-refractivity contribution in [2.75, 3.05) is 13.2 Å². The van der Waals surface area contributed by atoms with E-state index in [0.29, 0.717) is 19.1 Å². The van der Waals surface area contributed by atoms with Crippen molar-refractivity contribution in [3.05, 3.63) is 23.3 Å². The highest BCUT2D eigenvalue weighted by Crippen LogP contribution is 2.36. The van der Waals surface area contributed by atoms with E-state index in [4.69, 9.17) is 9.47 Å². The van der Waals surface area contributed by atoms with E-state index in [-0.39, 0.29) is 0 Å². The van der Waals surface area contributed by atoms with Gasteiger partial charge >= 0.3 is 0 Å². The van der Waals surface area contributed by atoms with Crippen LogP contribution >= 0.6 is 0 Å². The maximum absolute atomic E-state index is 5.57. The van der Waals surface area contributed by atoms with Gasteiger partial charge in [-0.3, -0.25) is 0 Å². The standard InChI is InChI=1S/C12H16O2/c1-8(2)10-6-9(3)12-11(7-10)13-4-5-14-12/h6-8H,4-5H2,1-3H3. The van der Waals surface area contributed by atoms with E-state index >= 15 is 0 Å². The Balaban J connectivity index is 2.46. The molecule has 0 aromatic heterocycles. The van der Waals surface area contributed by atoms with Crippen LogP contribution in [-0.2, 0) is 0 Å². The number of hydrogen-bond acceptors (Lipinski definition) is 2. The van der Waals surface area contributed by atoms with Gasteiger partial charge in [-0.05, 0) is 30.0 Å². The first-order valence-corrected chi connectivity index (χ1v) is 5.08. The molecule has 0 saturated heterocycles. The Labute approximate surface area is 84.8 Å². The number of hydrogen-bond donors (Lipinski definition) is 0. The van der Waals surface area contributed by atoms with Crippen LogP contribution in [0.3, 0.4) is 0 Å². The van der Waals surface area contributed by atoms with Gasteiger partial charge in [0.2, 0.25) is 0 Å². The fourth-order valence-electron chi connectivity index (χ4n) is 1.69. The Morgan fingerprint density at radius 1 is 1.14 bits per heavy atom. The van der Waals surface area contributed by atoms with E-state index in [1.807, 2.05) is 0 Å². The van der Waals surface area contributed by atoms with Crippen molar-refractivity contribution in [3.63, 3.8) is 0 Å². The predicted molar refractivity (Wildman–Crippen MR) is 56.3 cm³/mol. The number of ether oxygens (including phenoxy) is 2. The smallest absolute Gasteiger partial charge is 0.164 e. The van der Waals surface area contributed by atoms with E-state index in [2.05, 4.69) is 32.9 Å². The van der Waals surface area contributed by atoms with Gasteiger partial charge < -0.3 is 9.47 Å². The summed E-state index contributed by atoms with van der Waals surface area (Å²) in [7, 11) is 0. The zero-order valence-corrected chi connectivity index (χ0v) is 8.96. The number of rotatable bonds is 1. The summed E-state index contributed by atoms with van der Waals surface area (Å²) in [5, 5.41) is 0. The Kier molecular flexibility index (Phi) is 2.36. The van der Waals surface area contributed by atoms with Crippen molar-refractivity contribution in [3.8, 4) is 11.5 Å². The molecule has 1 heterocycles. The first-order valence-electron chi connectivity index (χ1n) is 5.08. The molecule has 0 saturated carbocycles. The normalized spacial score (nSPS) is 14.6. The van der Waals surface area contributed by atoms with Gasteiger partial charge in [-0.2, -0.15) is 0 Å². The SMILES string of the molecule is Cc1cc(C(C)C)cc2c1OCCO2. The molecule has 2 rings (SSSR count).